The molecular weight excluding hydrogens is 236 g/mol. The van der Waals surface area contributed by atoms with E-state index in [1.807, 2.05) is 0 Å². The summed E-state index contributed by atoms with van der Waals surface area (Å²) in [7, 11) is -0.684. The maximum Gasteiger partial charge on any atom is 0.151 e. The molecule has 100 valence electrons. The molecule has 0 aromatic carbocycles. The summed E-state index contributed by atoms with van der Waals surface area (Å²) < 4.78 is 23.0. The summed E-state index contributed by atoms with van der Waals surface area (Å²) in [6, 6.07) is 0.235. The second-order valence-corrected chi connectivity index (χ2v) is 8.29. The van der Waals surface area contributed by atoms with Crippen LogP contribution in [0.3, 0.4) is 0 Å². The molecule has 0 bridgehead atoms. The van der Waals surface area contributed by atoms with Crippen molar-refractivity contribution in [2.75, 3.05) is 38.2 Å². The van der Waals surface area contributed by atoms with Crippen LogP contribution >= 0.6 is 0 Å². The highest BCUT2D eigenvalue weighted by Gasteiger charge is 2.35. The molecule has 2 saturated heterocycles. The van der Waals surface area contributed by atoms with Gasteiger partial charge >= 0.3 is 0 Å². The summed E-state index contributed by atoms with van der Waals surface area (Å²) in [5, 5.41) is 3.44. The highest BCUT2D eigenvalue weighted by molar-refractivity contribution is 7.91. The molecular formula is C12H24N2O2S. The van der Waals surface area contributed by atoms with E-state index in [1.165, 1.54) is 12.8 Å². The van der Waals surface area contributed by atoms with Gasteiger partial charge in [-0.05, 0) is 38.3 Å². The molecule has 2 aliphatic heterocycles. The number of hydrogen-bond acceptors (Lipinski definition) is 4. The maximum atomic E-state index is 11.5. The molecule has 2 heterocycles. The largest absolute Gasteiger partial charge is 0.316 e. The van der Waals surface area contributed by atoms with Gasteiger partial charge in [0.2, 0.25) is 0 Å². The van der Waals surface area contributed by atoms with Gasteiger partial charge < -0.3 is 10.2 Å². The van der Waals surface area contributed by atoms with Crippen molar-refractivity contribution in [3.05, 3.63) is 0 Å². The fraction of sp³-hybridized carbons (Fsp3) is 1.00. The first-order valence-corrected chi connectivity index (χ1v) is 8.34. The van der Waals surface area contributed by atoms with Gasteiger partial charge in [0, 0.05) is 19.1 Å². The van der Waals surface area contributed by atoms with Gasteiger partial charge in [0.1, 0.15) is 0 Å². The molecule has 2 atom stereocenters. The van der Waals surface area contributed by atoms with Gasteiger partial charge in [-0.2, -0.15) is 0 Å². The van der Waals surface area contributed by atoms with Gasteiger partial charge in [-0.25, -0.2) is 8.42 Å². The van der Waals surface area contributed by atoms with Crippen molar-refractivity contribution < 1.29 is 8.42 Å². The minimum Gasteiger partial charge on any atom is -0.316 e. The summed E-state index contributed by atoms with van der Waals surface area (Å²) in [6.45, 7) is 5.48. The third-order valence-corrected chi connectivity index (χ3v) is 5.90. The Morgan fingerprint density at radius 3 is 2.76 bits per heavy atom. The van der Waals surface area contributed by atoms with E-state index in [0.29, 0.717) is 16.9 Å². The lowest BCUT2D eigenvalue weighted by Crippen LogP contribution is -2.47. The zero-order valence-corrected chi connectivity index (χ0v) is 11.7. The summed E-state index contributed by atoms with van der Waals surface area (Å²) >= 11 is 0. The van der Waals surface area contributed by atoms with E-state index in [4.69, 9.17) is 0 Å². The smallest absolute Gasteiger partial charge is 0.151 e. The Morgan fingerprint density at radius 1 is 1.47 bits per heavy atom. The molecule has 4 nitrogen and oxygen atoms in total. The zero-order valence-electron chi connectivity index (χ0n) is 10.9. The Labute approximate surface area is 105 Å². The normalized spacial score (nSPS) is 37.5. The van der Waals surface area contributed by atoms with E-state index < -0.39 is 9.84 Å². The van der Waals surface area contributed by atoms with E-state index in [-0.39, 0.29) is 6.04 Å². The van der Waals surface area contributed by atoms with Crippen LogP contribution in [0.2, 0.25) is 0 Å². The molecule has 0 saturated carbocycles. The van der Waals surface area contributed by atoms with Gasteiger partial charge in [0.15, 0.2) is 9.84 Å². The molecule has 0 spiro atoms. The Balaban J connectivity index is 1.90. The minimum absolute atomic E-state index is 0.235. The molecule has 0 aromatic heterocycles. The summed E-state index contributed by atoms with van der Waals surface area (Å²) in [5.74, 6) is 0.726. The summed E-state index contributed by atoms with van der Waals surface area (Å²) in [5.41, 5.74) is 0.305. The molecule has 2 unspecified atom stereocenters. The van der Waals surface area contributed by atoms with Crippen LogP contribution in [0.1, 0.15) is 26.2 Å². The molecule has 1 N–H and O–H groups in total. The predicted molar refractivity (Wildman–Crippen MR) is 69.9 cm³/mol. The van der Waals surface area contributed by atoms with E-state index in [2.05, 4.69) is 24.2 Å². The number of sulfone groups is 1. The van der Waals surface area contributed by atoms with Crippen molar-refractivity contribution in [3.8, 4) is 0 Å². The van der Waals surface area contributed by atoms with Crippen LogP contribution < -0.4 is 5.32 Å². The lowest BCUT2D eigenvalue weighted by molar-refractivity contribution is 0.128. The lowest BCUT2D eigenvalue weighted by Gasteiger charge is -2.39. The quantitative estimate of drug-likeness (QED) is 0.802. The first-order chi connectivity index (χ1) is 7.90. The molecule has 0 amide bonds. The van der Waals surface area contributed by atoms with Gasteiger partial charge in [0.05, 0.1) is 11.5 Å². The molecule has 0 aliphatic carbocycles. The van der Waals surface area contributed by atoms with Crippen LogP contribution in [-0.4, -0.2) is 57.5 Å². The average Bonchev–Trinajstić information content (AvgIpc) is 2.59. The maximum absolute atomic E-state index is 11.5. The third kappa shape index (κ3) is 3.42. The fourth-order valence-electron chi connectivity index (χ4n) is 3.11. The van der Waals surface area contributed by atoms with Crippen LogP contribution in [0.5, 0.6) is 0 Å². The Kier molecular flexibility index (Phi) is 3.80. The Hall–Kier alpha value is -0.130. The van der Waals surface area contributed by atoms with Crippen LogP contribution in [0.15, 0.2) is 0 Å². The van der Waals surface area contributed by atoms with Gasteiger partial charge in [0.25, 0.3) is 0 Å². The van der Waals surface area contributed by atoms with Crippen LogP contribution in [0.25, 0.3) is 0 Å². The first kappa shape index (κ1) is 13.3. The Bertz CT molecular complexity index is 361. The van der Waals surface area contributed by atoms with E-state index in [0.717, 1.165) is 26.1 Å². The monoisotopic (exact) mass is 260 g/mol. The van der Waals surface area contributed by atoms with Gasteiger partial charge in [-0.15, -0.1) is 0 Å². The predicted octanol–water partition coefficient (Wildman–Crippen LogP) is 0.495. The van der Waals surface area contributed by atoms with Crippen molar-refractivity contribution >= 4 is 9.84 Å². The van der Waals surface area contributed by atoms with E-state index in [9.17, 15) is 8.42 Å². The topological polar surface area (TPSA) is 49.4 Å². The average molecular weight is 260 g/mol. The standard InChI is InChI=1S/C12H24N2O2S/c1-12(5-3-6-13-9-12)10-14(2)11-4-7-17(15,16)8-11/h11,13H,3-10H2,1-2H3. The van der Waals surface area contributed by atoms with Crippen molar-refractivity contribution in [2.45, 2.75) is 32.2 Å². The van der Waals surface area contributed by atoms with E-state index >= 15 is 0 Å². The molecule has 5 heteroatoms. The highest BCUT2D eigenvalue weighted by Crippen LogP contribution is 2.28. The molecule has 2 aliphatic rings. The van der Waals surface area contributed by atoms with Crippen LogP contribution in [0.4, 0.5) is 0 Å². The molecule has 0 radical (unpaired) electrons. The third-order valence-electron chi connectivity index (χ3n) is 4.15. The van der Waals surface area contributed by atoms with Crippen molar-refractivity contribution in [1.82, 2.24) is 10.2 Å². The SMILES string of the molecule is CN(CC1(C)CCCNC1)C1CCS(=O)(=O)C1. The number of piperidine rings is 1. The van der Waals surface area contributed by atoms with Crippen molar-refractivity contribution in [1.29, 1.82) is 0 Å². The van der Waals surface area contributed by atoms with Crippen LogP contribution in [0, 0.1) is 5.41 Å². The minimum atomic E-state index is -2.76. The highest BCUT2D eigenvalue weighted by atomic mass is 32.2. The van der Waals surface area contributed by atoms with E-state index in [1.54, 1.807) is 0 Å². The number of hydrogen-bond donors (Lipinski definition) is 1. The first-order valence-electron chi connectivity index (χ1n) is 6.52. The molecule has 2 rings (SSSR count). The number of rotatable bonds is 3. The van der Waals surface area contributed by atoms with Crippen LogP contribution in [-0.2, 0) is 9.84 Å². The van der Waals surface area contributed by atoms with Crippen molar-refractivity contribution in [3.63, 3.8) is 0 Å². The lowest BCUT2D eigenvalue weighted by atomic mass is 9.82. The van der Waals surface area contributed by atoms with Gasteiger partial charge in [-0.1, -0.05) is 6.92 Å². The molecule has 2 fully saturated rings. The number of nitrogens with zero attached hydrogens (tertiary/aromatic N) is 1. The number of nitrogens with one attached hydrogen (secondary N) is 1. The zero-order chi connectivity index (χ0) is 12.5. The fourth-order valence-corrected chi connectivity index (χ4v) is 4.91. The second kappa shape index (κ2) is 4.86. The summed E-state index contributed by atoms with van der Waals surface area (Å²) in [6.07, 6.45) is 3.28. The van der Waals surface area contributed by atoms with Gasteiger partial charge in [-0.3, -0.25) is 0 Å². The second-order valence-electron chi connectivity index (χ2n) is 6.06. The Morgan fingerprint density at radius 2 is 2.24 bits per heavy atom. The summed E-state index contributed by atoms with van der Waals surface area (Å²) in [4.78, 5) is 2.26. The van der Waals surface area contributed by atoms with Crippen molar-refractivity contribution in [2.24, 2.45) is 5.41 Å². The molecule has 17 heavy (non-hydrogen) atoms. The molecule has 0 aromatic rings.